The molecule has 0 saturated carbocycles. The average molecular weight is 372 g/mol. The summed E-state index contributed by atoms with van der Waals surface area (Å²) < 4.78 is 27.8. The Bertz CT molecular complexity index is 517. The van der Waals surface area contributed by atoms with E-state index in [0.717, 1.165) is 12.0 Å². The molecule has 142 valence electrons. The van der Waals surface area contributed by atoms with Crippen LogP contribution in [0.3, 0.4) is 0 Å². The van der Waals surface area contributed by atoms with Gasteiger partial charge in [0.1, 0.15) is 6.61 Å². The summed E-state index contributed by atoms with van der Waals surface area (Å²) in [4.78, 5) is 11.6. The fourth-order valence-corrected chi connectivity index (χ4v) is 3.63. The number of carbonyl (C=O) groups excluding carboxylic acids is 1. The zero-order valence-corrected chi connectivity index (χ0v) is 15.9. The fourth-order valence-electron chi connectivity index (χ4n) is 2.08. The Kier molecular flexibility index (Phi) is 11.2. The van der Waals surface area contributed by atoms with Crippen LogP contribution in [0.4, 0.5) is 4.79 Å². The van der Waals surface area contributed by atoms with Gasteiger partial charge in [0.15, 0.2) is 0 Å². The summed E-state index contributed by atoms with van der Waals surface area (Å²) in [5.41, 5.74) is 0.951. The molecule has 0 aliphatic rings. The lowest BCUT2D eigenvalue weighted by Gasteiger charge is -2.17. The quantitative estimate of drug-likeness (QED) is 0.409. The smallest absolute Gasteiger partial charge is 0.407 e. The van der Waals surface area contributed by atoms with Gasteiger partial charge >= 0.3 is 13.7 Å². The van der Waals surface area contributed by atoms with Crippen molar-refractivity contribution in [1.82, 2.24) is 10.6 Å². The van der Waals surface area contributed by atoms with Gasteiger partial charge in [-0.25, -0.2) is 4.79 Å². The SMILES string of the molecule is CCOP(=O)(CCNCCCNC(=O)OCc1ccccc1)OCC. The third-order valence-electron chi connectivity index (χ3n) is 3.23. The zero-order chi connectivity index (χ0) is 18.4. The molecule has 1 aromatic rings. The predicted octanol–water partition coefficient (Wildman–Crippen LogP) is 3.16. The molecule has 0 unspecified atom stereocenters. The van der Waals surface area contributed by atoms with Crippen molar-refractivity contribution in [2.75, 3.05) is 39.0 Å². The summed E-state index contributed by atoms with van der Waals surface area (Å²) in [6, 6.07) is 9.52. The molecule has 8 heteroatoms. The molecule has 1 aromatic carbocycles. The third kappa shape index (κ3) is 10.2. The minimum atomic E-state index is -2.98. The predicted molar refractivity (Wildman–Crippen MR) is 97.8 cm³/mol. The summed E-state index contributed by atoms with van der Waals surface area (Å²) in [6.45, 7) is 6.32. The summed E-state index contributed by atoms with van der Waals surface area (Å²) in [7, 11) is -2.98. The number of amides is 1. The topological polar surface area (TPSA) is 85.9 Å². The molecular formula is C17H29N2O5P. The molecule has 0 spiro atoms. The first-order valence-electron chi connectivity index (χ1n) is 8.63. The molecule has 0 aliphatic carbocycles. The number of ether oxygens (including phenoxy) is 1. The number of hydrogen-bond donors (Lipinski definition) is 2. The van der Waals surface area contributed by atoms with Crippen molar-refractivity contribution in [1.29, 1.82) is 0 Å². The van der Waals surface area contributed by atoms with Crippen molar-refractivity contribution in [3.05, 3.63) is 35.9 Å². The Morgan fingerprint density at radius 2 is 1.72 bits per heavy atom. The van der Waals surface area contributed by atoms with Gasteiger partial charge in [0.05, 0.1) is 19.4 Å². The number of hydrogen-bond acceptors (Lipinski definition) is 6. The summed E-state index contributed by atoms with van der Waals surface area (Å²) in [5, 5.41) is 5.86. The Balaban J connectivity index is 2.04. The second kappa shape index (κ2) is 12.9. The highest BCUT2D eigenvalue weighted by atomic mass is 31.2. The molecule has 1 rings (SSSR count). The molecule has 0 aromatic heterocycles. The molecule has 0 radical (unpaired) electrons. The largest absolute Gasteiger partial charge is 0.445 e. The van der Waals surface area contributed by atoms with E-state index in [1.165, 1.54) is 0 Å². The molecule has 0 bridgehead atoms. The van der Waals surface area contributed by atoms with Crippen molar-refractivity contribution < 1.29 is 23.1 Å². The van der Waals surface area contributed by atoms with Crippen LogP contribution in [0.1, 0.15) is 25.8 Å². The van der Waals surface area contributed by atoms with E-state index in [9.17, 15) is 9.36 Å². The van der Waals surface area contributed by atoms with Crippen LogP contribution in [0.2, 0.25) is 0 Å². The standard InChI is InChI=1S/C17H29N2O5P/c1-3-23-25(21,24-4-2)14-13-18-11-8-12-19-17(20)22-15-16-9-6-5-7-10-16/h5-7,9-10,18H,3-4,8,11-15H2,1-2H3,(H,19,20). The molecular weight excluding hydrogens is 343 g/mol. The third-order valence-corrected chi connectivity index (χ3v) is 5.30. The summed E-state index contributed by atoms with van der Waals surface area (Å²) in [6.07, 6.45) is 0.649. The Labute approximate surface area is 150 Å². The van der Waals surface area contributed by atoms with Crippen molar-refractivity contribution in [3.63, 3.8) is 0 Å². The van der Waals surface area contributed by atoms with Gasteiger partial charge in [-0.15, -0.1) is 0 Å². The van der Waals surface area contributed by atoms with Crippen molar-refractivity contribution in [2.24, 2.45) is 0 Å². The first-order chi connectivity index (χ1) is 12.1. The molecule has 0 saturated heterocycles. The molecule has 0 fully saturated rings. The van der Waals surface area contributed by atoms with Crippen LogP contribution >= 0.6 is 7.60 Å². The average Bonchev–Trinajstić information content (AvgIpc) is 2.60. The summed E-state index contributed by atoms with van der Waals surface area (Å²) in [5.74, 6) is 0. The second-order valence-corrected chi connectivity index (χ2v) is 7.45. The number of benzene rings is 1. The van der Waals surface area contributed by atoms with Crippen LogP contribution < -0.4 is 10.6 Å². The van der Waals surface area contributed by atoms with Gasteiger partial charge in [0, 0.05) is 13.1 Å². The lowest BCUT2D eigenvalue weighted by atomic mass is 10.2. The second-order valence-electron chi connectivity index (χ2n) is 5.26. The van der Waals surface area contributed by atoms with E-state index in [2.05, 4.69) is 10.6 Å². The normalized spacial score (nSPS) is 11.3. The van der Waals surface area contributed by atoms with Gasteiger partial charge in [-0.1, -0.05) is 30.3 Å². The molecule has 0 atom stereocenters. The van der Waals surface area contributed by atoms with Gasteiger partial charge < -0.3 is 24.4 Å². The molecule has 2 N–H and O–H groups in total. The van der Waals surface area contributed by atoms with Crippen LogP contribution in [0.25, 0.3) is 0 Å². The number of carbonyl (C=O) groups is 1. The van der Waals surface area contributed by atoms with E-state index in [-0.39, 0.29) is 6.61 Å². The van der Waals surface area contributed by atoms with Crippen LogP contribution in [0, 0.1) is 0 Å². The van der Waals surface area contributed by atoms with Gasteiger partial charge in [-0.05, 0) is 32.4 Å². The van der Waals surface area contributed by atoms with Crippen LogP contribution in [0.15, 0.2) is 30.3 Å². The van der Waals surface area contributed by atoms with Crippen molar-refractivity contribution in [2.45, 2.75) is 26.9 Å². The van der Waals surface area contributed by atoms with E-state index in [0.29, 0.717) is 39.0 Å². The Hall–Kier alpha value is -1.40. The maximum atomic E-state index is 12.2. The Morgan fingerprint density at radius 1 is 1.04 bits per heavy atom. The van der Waals surface area contributed by atoms with Crippen molar-refractivity contribution >= 4 is 13.7 Å². The van der Waals surface area contributed by atoms with Gasteiger partial charge in [-0.2, -0.15) is 0 Å². The molecule has 1 amide bonds. The zero-order valence-electron chi connectivity index (χ0n) is 15.0. The van der Waals surface area contributed by atoms with Gasteiger partial charge in [0.25, 0.3) is 0 Å². The van der Waals surface area contributed by atoms with E-state index in [1.54, 1.807) is 13.8 Å². The molecule has 0 heterocycles. The fraction of sp³-hybridized carbons (Fsp3) is 0.588. The summed E-state index contributed by atoms with van der Waals surface area (Å²) >= 11 is 0. The molecule has 0 aliphatic heterocycles. The van der Waals surface area contributed by atoms with E-state index in [1.807, 2.05) is 30.3 Å². The van der Waals surface area contributed by atoms with Gasteiger partial charge in [-0.3, -0.25) is 4.57 Å². The number of rotatable bonds is 13. The van der Waals surface area contributed by atoms with E-state index < -0.39 is 13.7 Å². The first kappa shape index (κ1) is 21.6. The maximum Gasteiger partial charge on any atom is 0.407 e. The van der Waals surface area contributed by atoms with E-state index >= 15 is 0 Å². The molecule has 7 nitrogen and oxygen atoms in total. The van der Waals surface area contributed by atoms with Gasteiger partial charge in [0.2, 0.25) is 0 Å². The van der Waals surface area contributed by atoms with Crippen molar-refractivity contribution in [3.8, 4) is 0 Å². The minimum absolute atomic E-state index is 0.259. The van der Waals surface area contributed by atoms with E-state index in [4.69, 9.17) is 13.8 Å². The highest BCUT2D eigenvalue weighted by Crippen LogP contribution is 2.47. The number of alkyl carbamates (subject to hydrolysis) is 1. The number of nitrogens with one attached hydrogen (secondary N) is 2. The Morgan fingerprint density at radius 3 is 2.36 bits per heavy atom. The monoisotopic (exact) mass is 372 g/mol. The van der Waals surface area contributed by atoms with Crippen LogP contribution in [0.5, 0.6) is 0 Å². The highest BCUT2D eigenvalue weighted by molar-refractivity contribution is 7.53. The minimum Gasteiger partial charge on any atom is -0.445 e. The lowest BCUT2D eigenvalue weighted by molar-refractivity contribution is 0.139. The van der Waals surface area contributed by atoms with Crippen LogP contribution in [-0.4, -0.2) is 45.1 Å². The van der Waals surface area contributed by atoms with Crippen LogP contribution in [-0.2, 0) is 25.0 Å². The maximum absolute atomic E-state index is 12.2. The molecule has 25 heavy (non-hydrogen) atoms. The lowest BCUT2D eigenvalue weighted by Crippen LogP contribution is -2.28. The highest BCUT2D eigenvalue weighted by Gasteiger charge is 2.22. The first-order valence-corrected chi connectivity index (χ1v) is 10.4.